The lowest BCUT2D eigenvalue weighted by Gasteiger charge is -2.42. The summed E-state index contributed by atoms with van der Waals surface area (Å²) in [5.41, 5.74) is 0. The van der Waals surface area contributed by atoms with Gasteiger partial charge in [0.15, 0.2) is 0 Å². The molecule has 0 atom stereocenters. The zero-order valence-corrected chi connectivity index (χ0v) is 47.0. The summed E-state index contributed by atoms with van der Waals surface area (Å²) < 4.78 is 718. The van der Waals surface area contributed by atoms with E-state index in [2.05, 4.69) is 13.6 Å². The van der Waals surface area contributed by atoms with Crippen molar-refractivity contribution in [3.8, 4) is 0 Å². The number of phosphoric acid groups is 1. The van der Waals surface area contributed by atoms with Gasteiger partial charge in [-0.1, -0.05) is 38.5 Å². The van der Waals surface area contributed by atoms with Crippen LogP contribution in [-0.2, 0) is 18.1 Å². The van der Waals surface area contributed by atoms with E-state index in [9.17, 15) is 228 Å². The maximum absolute atomic E-state index is 14.3. The monoisotopic (exact) mass is 1600 g/mol. The highest BCUT2D eigenvalue weighted by Crippen LogP contribution is 2.69. The molecule has 98 heavy (non-hydrogen) atoms. The van der Waals surface area contributed by atoms with Crippen molar-refractivity contribution in [3.05, 3.63) is 0 Å². The van der Waals surface area contributed by atoms with Crippen molar-refractivity contribution in [2.24, 2.45) is 0 Å². The lowest BCUT2D eigenvalue weighted by molar-refractivity contribution is -0.461. The molecule has 0 aromatic heterocycles. The maximum atomic E-state index is 14.3. The number of rotatable bonds is 42. The second-order valence-corrected chi connectivity index (χ2v) is 22.1. The first-order valence-electron chi connectivity index (χ1n) is 25.0. The van der Waals surface area contributed by atoms with Gasteiger partial charge in [-0.25, -0.2) is 4.57 Å². The Balaban J connectivity index is 6.49. The second-order valence-electron chi connectivity index (χ2n) is 20.4. The molecule has 0 N–H and O–H groups in total. The van der Waals surface area contributed by atoms with E-state index in [1.165, 1.54) is 0 Å². The molecule has 0 bridgehead atoms. The molecule has 0 saturated carbocycles. The van der Waals surface area contributed by atoms with E-state index in [0.717, 1.165) is 0 Å². The predicted octanol–water partition coefficient (Wildman–Crippen LogP) is 23.0. The van der Waals surface area contributed by atoms with Crippen molar-refractivity contribution in [1.29, 1.82) is 0 Å². The normalized spacial score (nSPS) is 16.4. The van der Waals surface area contributed by atoms with E-state index in [-0.39, 0.29) is 0 Å². The molecule has 0 aliphatic carbocycles. The Morgan fingerprint density at radius 1 is 0.163 bits per heavy atom. The maximum Gasteiger partial charge on any atom is 0.474 e. The van der Waals surface area contributed by atoms with Crippen LogP contribution in [0.4, 0.5) is 224 Å². The van der Waals surface area contributed by atoms with Gasteiger partial charge < -0.3 is 0 Å². The van der Waals surface area contributed by atoms with Gasteiger partial charge in [-0.2, -0.15) is 224 Å². The van der Waals surface area contributed by atoms with Crippen molar-refractivity contribution >= 4 is 7.82 Å². The summed E-state index contributed by atoms with van der Waals surface area (Å²) in [5, 5.41) is 0. The predicted molar refractivity (Wildman–Crippen MR) is 217 cm³/mol. The van der Waals surface area contributed by atoms with Crippen LogP contribution in [-0.4, -0.2) is 163 Å². The van der Waals surface area contributed by atoms with Crippen LogP contribution >= 0.6 is 7.82 Å². The third-order valence-corrected chi connectivity index (χ3v) is 14.8. The van der Waals surface area contributed by atoms with Gasteiger partial charge in [-0.15, -0.1) is 0 Å². The molecule has 0 rings (SSSR count). The van der Waals surface area contributed by atoms with Crippen LogP contribution in [0, 0.1) is 0 Å². The van der Waals surface area contributed by atoms with Crippen LogP contribution in [0.15, 0.2) is 0 Å². The third kappa shape index (κ3) is 15.8. The van der Waals surface area contributed by atoms with Gasteiger partial charge >= 0.3 is 151 Å². The van der Waals surface area contributed by atoms with Crippen LogP contribution in [0.3, 0.4) is 0 Å². The summed E-state index contributed by atoms with van der Waals surface area (Å²) >= 11 is 0. The molecule has 0 aromatic carbocycles. The zero-order valence-electron chi connectivity index (χ0n) is 46.1. The minimum absolute atomic E-state index is 0.989. The lowest BCUT2D eigenvalue weighted by atomic mass is 9.88. The fourth-order valence-electron chi connectivity index (χ4n) is 7.11. The fraction of sp³-hybridized carbons (Fsp3) is 1.00. The van der Waals surface area contributed by atoms with Crippen molar-refractivity contribution < 1.29 is 242 Å². The molecule has 590 valence electrons. The summed E-state index contributed by atoms with van der Waals surface area (Å²) in [6, 6.07) is 0. The van der Waals surface area contributed by atoms with Gasteiger partial charge in [0, 0.05) is 19.3 Å². The fourth-order valence-corrected chi connectivity index (χ4v) is 8.39. The van der Waals surface area contributed by atoms with Crippen LogP contribution < -0.4 is 0 Å². The highest BCUT2D eigenvalue weighted by atomic mass is 31.2. The Labute approximate surface area is 509 Å². The van der Waals surface area contributed by atoms with Gasteiger partial charge in [-0.3, -0.25) is 13.6 Å². The molecule has 56 heteroatoms. The lowest BCUT2D eigenvalue weighted by Crippen LogP contribution is -2.74. The summed E-state index contributed by atoms with van der Waals surface area (Å²) in [4.78, 5) is 0. The minimum Gasteiger partial charge on any atom is -0.287 e. The Morgan fingerprint density at radius 2 is 0.286 bits per heavy atom. The summed E-state index contributed by atoms with van der Waals surface area (Å²) in [6.07, 6.45) is -48.3. The summed E-state index contributed by atoms with van der Waals surface area (Å²) in [7, 11) is -5.57. The van der Waals surface area contributed by atoms with Crippen LogP contribution in [0.5, 0.6) is 0 Å². The van der Waals surface area contributed by atoms with Crippen LogP contribution in [0.25, 0.3) is 0 Å². The number of alkyl halides is 51. The highest BCUT2D eigenvalue weighted by molar-refractivity contribution is 7.48. The Bertz CT molecular complexity index is 2340. The van der Waals surface area contributed by atoms with Crippen molar-refractivity contribution in [2.45, 2.75) is 239 Å². The molecule has 0 fully saturated rings. The van der Waals surface area contributed by atoms with Gasteiger partial charge in [-0.05, 0) is 38.5 Å². The smallest absolute Gasteiger partial charge is 0.287 e. The van der Waals surface area contributed by atoms with Crippen LogP contribution in [0.2, 0.25) is 0 Å². The minimum atomic E-state index is -8.99. The molecule has 0 unspecified atom stereocenters. The van der Waals surface area contributed by atoms with Gasteiger partial charge in [0.25, 0.3) is 0 Å². The van der Waals surface area contributed by atoms with Crippen molar-refractivity contribution in [3.63, 3.8) is 0 Å². The topological polar surface area (TPSA) is 44.8 Å². The summed E-state index contributed by atoms with van der Waals surface area (Å²) in [6.45, 7) is -4.08. The third-order valence-electron chi connectivity index (χ3n) is 13.3. The standard InChI is InChI=1S/C42H36F51O4P/c43-19(44,22(49,50)25(55,56)28(61,62)31(67,68)34(73,74)37(79,80)40(85,86)87)13-7-1-4-10-16-95-98(94,96-17-11-5-2-8-14-20(45,46)23(51,52)26(57,58)29(63,64)32(69,70)35(75,76)38(81,82)41(88,89)90)97-18-12-6-3-9-15-21(47,48)24(53,54)27(59,60)30(65,66)33(71,72)36(77,78)39(83,84)42(91,92)93/h1-18H2. The van der Waals surface area contributed by atoms with Gasteiger partial charge in [0.1, 0.15) is 0 Å². The molecule has 0 radical (unpaired) electrons. The first-order chi connectivity index (χ1) is 42.4. The molecule has 0 saturated heterocycles. The SMILES string of the molecule is O=P(OCCCCCCC(F)(F)C(F)(F)C(F)(F)C(F)(F)C(F)(F)C(F)(F)C(F)(F)C(F)(F)F)(OCCCCCCC(F)(F)C(F)(F)C(F)(F)C(F)(F)C(F)(F)C(F)(F)C(F)(F)C(F)(F)F)OCCCCCCC(F)(F)C(F)(F)C(F)(F)C(F)(F)C(F)(F)C(F)(F)C(F)(F)C(F)(F)F. The second kappa shape index (κ2) is 28.5. The quantitative estimate of drug-likeness (QED) is 0.0347. The zero-order chi connectivity index (χ0) is 79.3. The molecule has 0 aromatic rings. The largest absolute Gasteiger partial charge is 0.474 e. The highest BCUT2D eigenvalue weighted by Gasteiger charge is 2.98. The van der Waals surface area contributed by atoms with E-state index in [4.69, 9.17) is 0 Å². The van der Waals surface area contributed by atoms with E-state index >= 15 is 0 Å². The average molecular weight is 1600 g/mol. The number of phosphoric ester groups is 1. The molecular formula is C42H36F51O4P. The van der Waals surface area contributed by atoms with Crippen molar-refractivity contribution in [1.82, 2.24) is 0 Å². The molecule has 0 heterocycles. The Kier molecular flexibility index (Phi) is 27.5. The number of hydrogen-bond donors (Lipinski definition) is 0. The van der Waals surface area contributed by atoms with E-state index in [0.29, 0.717) is 0 Å². The molecule has 0 aliphatic heterocycles. The van der Waals surface area contributed by atoms with Crippen molar-refractivity contribution in [2.75, 3.05) is 19.8 Å². The van der Waals surface area contributed by atoms with Crippen LogP contribution in [0.1, 0.15) is 96.3 Å². The van der Waals surface area contributed by atoms with E-state index in [1.807, 2.05) is 0 Å². The number of unbranched alkanes of at least 4 members (excludes halogenated alkanes) is 9. The number of hydrogen-bond acceptors (Lipinski definition) is 4. The molecule has 0 spiro atoms. The molecule has 0 amide bonds. The van der Waals surface area contributed by atoms with Gasteiger partial charge in [0.05, 0.1) is 19.8 Å². The Morgan fingerprint density at radius 3 is 0.429 bits per heavy atom. The van der Waals surface area contributed by atoms with E-state index in [1.54, 1.807) is 0 Å². The summed E-state index contributed by atoms with van der Waals surface area (Å²) in [5.74, 6) is -177. The van der Waals surface area contributed by atoms with E-state index < -0.39 is 267 Å². The molecule has 0 aliphatic rings. The molecule has 4 nitrogen and oxygen atoms in total. The Hall–Kier alpha value is -3.46. The number of halogens is 51. The average Bonchev–Trinajstić information content (AvgIpc) is 0.709. The first-order valence-corrected chi connectivity index (χ1v) is 26.5. The van der Waals surface area contributed by atoms with Gasteiger partial charge in [0.2, 0.25) is 0 Å². The first kappa shape index (κ1) is 94.5. The molecular weight excluding hydrogens is 1570 g/mol.